The fraction of sp³-hybridized carbons (Fsp3) is 0.400. The SMILES string of the molecule is C1CC1NC1CNC1.COc1cc(NC(=O)c2cnc(Cl)cn2)cn2cc(C)nc12.COc1cc(NC(=O)c2cnc(N3CC(NC4CC4)C3)cn2)cn2cc(C)nc12. The van der Waals surface area contributed by atoms with Gasteiger partial charge in [-0.15, -0.1) is 0 Å². The largest absolute Gasteiger partial charge is 0.493 e. The number of carbonyl (C=O) groups excluding carboxylic acids is 2. The zero-order chi connectivity index (χ0) is 41.0. The van der Waals surface area contributed by atoms with Crippen molar-refractivity contribution in [1.82, 2.24) is 54.7 Å². The van der Waals surface area contributed by atoms with Gasteiger partial charge < -0.3 is 49.8 Å². The molecule has 18 nitrogen and oxygen atoms in total. The van der Waals surface area contributed by atoms with Gasteiger partial charge >= 0.3 is 0 Å². The third kappa shape index (κ3) is 10.0. The third-order valence-corrected chi connectivity index (χ3v) is 10.2. The number of carbonyl (C=O) groups is 2. The molecule has 2 saturated heterocycles. The summed E-state index contributed by atoms with van der Waals surface area (Å²) in [6.45, 7) is 8.03. The lowest BCUT2D eigenvalue weighted by atomic mass is 10.1. The van der Waals surface area contributed by atoms with Gasteiger partial charge in [-0.05, 0) is 39.5 Å². The van der Waals surface area contributed by atoms with Gasteiger partial charge in [0, 0.05) is 87.3 Å². The first-order valence-corrected chi connectivity index (χ1v) is 19.9. The highest BCUT2D eigenvalue weighted by molar-refractivity contribution is 6.29. The van der Waals surface area contributed by atoms with Crippen molar-refractivity contribution in [2.75, 3.05) is 55.9 Å². The van der Waals surface area contributed by atoms with Gasteiger partial charge in [-0.1, -0.05) is 11.6 Å². The van der Waals surface area contributed by atoms with Crippen LogP contribution >= 0.6 is 11.6 Å². The van der Waals surface area contributed by atoms with Crippen molar-refractivity contribution in [2.45, 2.75) is 63.7 Å². The molecule has 4 aliphatic rings. The van der Waals surface area contributed by atoms with Crippen LogP contribution in [0.25, 0.3) is 11.3 Å². The monoisotopic (exact) mass is 822 g/mol. The molecule has 59 heavy (non-hydrogen) atoms. The van der Waals surface area contributed by atoms with E-state index in [1.165, 1.54) is 57.4 Å². The number of rotatable bonds is 11. The van der Waals surface area contributed by atoms with Gasteiger partial charge in [0.1, 0.15) is 22.4 Å². The molecule has 0 unspecified atom stereocenters. The molecule has 5 N–H and O–H groups in total. The zero-order valence-corrected chi connectivity index (χ0v) is 34.0. The molecule has 0 spiro atoms. The number of ether oxygens (including phenoxy) is 2. The molecule has 8 heterocycles. The minimum atomic E-state index is -0.387. The summed E-state index contributed by atoms with van der Waals surface area (Å²) in [5.74, 6) is 1.24. The van der Waals surface area contributed by atoms with Crippen molar-refractivity contribution in [3.05, 3.63) is 89.6 Å². The van der Waals surface area contributed by atoms with Gasteiger partial charge in [-0.25, -0.2) is 29.9 Å². The number of hydrogen-bond donors (Lipinski definition) is 5. The van der Waals surface area contributed by atoms with E-state index in [0.717, 1.165) is 42.4 Å². The lowest BCUT2D eigenvalue weighted by Crippen LogP contribution is -2.59. The molecule has 0 bridgehead atoms. The molecule has 6 aromatic heterocycles. The van der Waals surface area contributed by atoms with Gasteiger partial charge in [0.05, 0.1) is 61.8 Å². The van der Waals surface area contributed by atoms with Crippen LogP contribution in [-0.4, -0.2) is 115 Å². The summed E-state index contributed by atoms with van der Waals surface area (Å²) < 4.78 is 14.3. The molecule has 2 saturated carbocycles. The van der Waals surface area contributed by atoms with E-state index >= 15 is 0 Å². The van der Waals surface area contributed by atoms with E-state index in [1.54, 1.807) is 49.3 Å². The predicted molar refractivity (Wildman–Crippen MR) is 223 cm³/mol. The number of hydrogen-bond acceptors (Lipinski definition) is 14. The van der Waals surface area contributed by atoms with E-state index in [-0.39, 0.29) is 28.4 Å². The van der Waals surface area contributed by atoms with Crippen LogP contribution in [-0.2, 0) is 0 Å². The number of nitrogens with zero attached hydrogens (tertiary/aromatic N) is 9. The summed E-state index contributed by atoms with van der Waals surface area (Å²) in [5, 5.41) is 16.2. The normalized spacial score (nSPS) is 16.3. The summed E-state index contributed by atoms with van der Waals surface area (Å²) in [6, 6.07) is 6.38. The number of aromatic nitrogens is 8. The van der Waals surface area contributed by atoms with Crippen LogP contribution in [0.3, 0.4) is 0 Å². The summed E-state index contributed by atoms with van der Waals surface area (Å²) in [6.07, 6.45) is 18.5. The maximum Gasteiger partial charge on any atom is 0.275 e. The summed E-state index contributed by atoms with van der Waals surface area (Å²) >= 11 is 5.65. The van der Waals surface area contributed by atoms with Crippen LogP contribution < -0.4 is 41.0 Å². The number of imidazole rings is 2. The topological polar surface area (TPSA) is 202 Å². The fourth-order valence-corrected chi connectivity index (χ4v) is 6.68. The third-order valence-electron chi connectivity index (χ3n) is 10.0. The summed E-state index contributed by atoms with van der Waals surface area (Å²) in [4.78, 5) is 52.2. The Morgan fingerprint density at radius 3 is 1.61 bits per heavy atom. The van der Waals surface area contributed by atoms with Crippen LogP contribution in [0.5, 0.6) is 11.5 Å². The number of fused-ring (bicyclic) bond motifs is 2. The second kappa shape index (κ2) is 17.5. The second-order valence-corrected chi connectivity index (χ2v) is 15.4. The van der Waals surface area contributed by atoms with Gasteiger partial charge in [0.2, 0.25) is 0 Å². The molecule has 2 aliphatic carbocycles. The van der Waals surface area contributed by atoms with Gasteiger partial charge in [-0.3, -0.25) is 9.59 Å². The maximum atomic E-state index is 12.6. The molecular weight excluding hydrogens is 776 g/mol. The molecule has 2 aliphatic heterocycles. The lowest BCUT2D eigenvalue weighted by Gasteiger charge is -2.40. The predicted octanol–water partition coefficient (Wildman–Crippen LogP) is 3.69. The molecule has 0 atom stereocenters. The van der Waals surface area contributed by atoms with E-state index in [9.17, 15) is 9.59 Å². The molecule has 10 rings (SSSR count). The van der Waals surface area contributed by atoms with E-state index in [4.69, 9.17) is 21.1 Å². The highest BCUT2D eigenvalue weighted by Crippen LogP contribution is 2.27. The number of aryl methyl sites for hydroxylation is 2. The fourth-order valence-electron chi connectivity index (χ4n) is 6.58. The molecular formula is C40H47ClN14O4. The molecule has 0 radical (unpaired) electrons. The number of pyridine rings is 2. The van der Waals surface area contributed by atoms with Crippen molar-refractivity contribution in [2.24, 2.45) is 0 Å². The van der Waals surface area contributed by atoms with Crippen LogP contribution in [0.4, 0.5) is 17.2 Å². The lowest BCUT2D eigenvalue weighted by molar-refractivity contribution is 0.101. The Bertz CT molecular complexity index is 2420. The van der Waals surface area contributed by atoms with Gasteiger partial charge in [0.15, 0.2) is 22.8 Å². The van der Waals surface area contributed by atoms with Crippen molar-refractivity contribution in [3.63, 3.8) is 0 Å². The first kappa shape index (κ1) is 39.9. The average molecular weight is 823 g/mol. The first-order valence-electron chi connectivity index (χ1n) is 19.6. The quantitative estimate of drug-likeness (QED) is 0.127. The standard InChI is InChI=1S/C20H23N7O2.C14H12ClN5O2.C6H12N2/c1-12-8-27-9-14(5-17(29-2)19(27)23-12)25-20(28)16-6-22-18(7-21-16)26-10-15(11-26)24-13-3-4-13;1-8-6-20-7-9(3-11(22-2)13(20)18-8)19-14(21)10-4-17-12(15)5-16-10;1-2-5(1)8-6-3-7-4-6/h5-9,13,15,24H,3-4,10-11H2,1-2H3,(H,25,28);3-7H,1-2H3,(H,19,21);5-8H,1-4H2. The van der Waals surface area contributed by atoms with E-state index in [0.29, 0.717) is 46.3 Å². The number of nitrogens with one attached hydrogen (secondary N) is 5. The minimum absolute atomic E-state index is 0.172. The van der Waals surface area contributed by atoms with Gasteiger partial charge in [0.25, 0.3) is 11.8 Å². The molecule has 19 heteroatoms. The molecule has 2 amide bonds. The maximum absolute atomic E-state index is 12.6. The Kier molecular flexibility index (Phi) is 11.8. The van der Waals surface area contributed by atoms with Crippen molar-refractivity contribution in [3.8, 4) is 11.5 Å². The van der Waals surface area contributed by atoms with Crippen LogP contribution in [0.1, 0.15) is 58.0 Å². The summed E-state index contributed by atoms with van der Waals surface area (Å²) in [5.41, 5.74) is 4.70. The zero-order valence-electron chi connectivity index (χ0n) is 33.3. The average Bonchev–Trinajstić information content (AvgIpc) is 4.13. The van der Waals surface area contributed by atoms with Crippen molar-refractivity contribution < 1.29 is 19.1 Å². The number of methoxy groups -OCH3 is 2. The van der Waals surface area contributed by atoms with Crippen LogP contribution in [0.2, 0.25) is 5.15 Å². The van der Waals surface area contributed by atoms with E-state index in [2.05, 4.69) is 61.4 Å². The first-order chi connectivity index (χ1) is 28.6. The molecule has 0 aromatic carbocycles. The Morgan fingerprint density at radius 2 is 1.19 bits per heavy atom. The smallest absolute Gasteiger partial charge is 0.275 e. The van der Waals surface area contributed by atoms with Crippen LogP contribution in [0.15, 0.2) is 61.7 Å². The van der Waals surface area contributed by atoms with E-state index < -0.39 is 0 Å². The Labute approximate surface area is 345 Å². The Hall–Kier alpha value is -5.95. The van der Waals surface area contributed by atoms with Crippen molar-refractivity contribution >= 4 is 51.9 Å². The van der Waals surface area contributed by atoms with Crippen LogP contribution in [0, 0.1) is 13.8 Å². The molecule has 6 aromatic rings. The molecule has 308 valence electrons. The van der Waals surface area contributed by atoms with E-state index in [1.807, 2.05) is 30.6 Å². The highest BCUT2D eigenvalue weighted by atomic mass is 35.5. The molecule has 4 fully saturated rings. The second-order valence-electron chi connectivity index (χ2n) is 15.1. The Balaban J connectivity index is 0.000000141. The van der Waals surface area contributed by atoms with Crippen molar-refractivity contribution in [1.29, 1.82) is 0 Å². The number of amides is 2. The minimum Gasteiger partial charge on any atom is -0.493 e. The van der Waals surface area contributed by atoms with Gasteiger partial charge in [-0.2, -0.15) is 0 Å². The summed E-state index contributed by atoms with van der Waals surface area (Å²) in [7, 11) is 3.13. The Morgan fingerprint density at radius 1 is 0.678 bits per heavy atom. The number of halogens is 1. The highest BCUT2D eigenvalue weighted by Gasteiger charge is 2.33. The number of anilines is 3.